The molecule has 0 spiro atoms. The summed E-state index contributed by atoms with van der Waals surface area (Å²) in [5.41, 5.74) is 2.44. The van der Waals surface area contributed by atoms with Crippen molar-refractivity contribution < 1.29 is 9.53 Å². The SMILES string of the molecule is CCC(NC(=O)c1ccccc1N1CCOCC1)c1cn2cccnc2n1. The highest BCUT2D eigenvalue weighted by atomic mass is 16.5. The van der Waals surface area contributed by atoms with Gasteiger partial charge in [-0.2, -0.15) is 0 Å². The minimum atomic E-state index is -0.169. The first-order chi connectivity index (χ1) is 13.3. The Hall–Kier alpha value is -2.93. The molecule has 1 aliphatic rings. The molecule has 1 fully saturated rings. The Morgan fingerprint density at radius 2 is 2.07 bits per heavy atom. The monoisotopic (exact) mass is 365 g/mol. The number of imidazole rings is 1. The third kappa shape index (κ3) is 3.64. The fraction of sp³-hybridized carbons (Fsp3) is 0.350. The molecule has 1 aliphatic heterocycles. The highest BCUT2D eigenvalue weighted by molar-refractivity contribution is 6.00. The number of amides is 1. The van der Waals surface area contributed by atoms with Gasteiger partial charge >= 0.3 is 0 Å². The van der Waals surface area contributed by atoms with Crippen LogP contribution in [-0.2, 0) is 4.74 Å². The molecule has 1 saturated heterocycles. The summed E-state index contributed by atoms with van der Waals surface area (Å²) in [5.74, 6) is 0.544. The lowest BCUT2D eigenvalue weighted by atomic mass is 10.1. The molecule has 7 nitrogen and oxygen atoms in total. The van der Waals surface area contributed by atoms with Crippen LogP contribution in [0.1, 0.15) is 35.4 Å². The van der Waals surface area contributed by atoms with Crippen molar-refractivity contribution in [1.29, 1.82) is 0 Å². The molecule has 1 amide bonds. The van der Waals surface area contributed by atoms with Gasteiger partial charge in [-0.15, -0.1) is 0 Å². The molecule has 27 heavy (non-hydrogen) atoms. The van der Waals surface area contributed by atoms with Gasteiger partial charge in [0.25, 0.3) is 5.91 Å². The Morgan fingerprint density at radius 3 is 2.85 bits per heavy atom. The summed E-state index contributed by atoms with van der Waals surface area (Å²) in [7, 11) is 0. The lowest BCUT2D eigenvalue weighted by Crippen LogP contribution is -2.38. The number of rotatable bonds is 5. The maximum absolute atomic E-state index is 13.0. The Kier molecular flexibility index (Phi) is 5.02. The summed E-state index contributed by atoms with van der Waals surface area (Å²) in [4.78, 5) is 24.1. The number of hydrogen-bond donors (Lipinski definition) is 1. The van der Waals surface area contributed by atoms with Gasteiger partial charge < -0.3 is 15.0 Å². The number of morpholine rings is 1. The first-order valence-electron chi connectivity index (χ1n) is 9.28. The minimum Gasteiger partial charge on any atom is -0.378 e. The second kappa shape index (κ2) is 7.75. The first-order valence-corrected chi connectivity index (χ1v) is 9.28. The van der Waals surface area contributed by atoms with Crippen molar-refractivity contribution in [3.63, 3.8) is 0 Å². The summed E-state index contributed by atoms with van der Waals surface area (Å²) in [6, 6.07) is 9.42. The number of anilines is 1. The fourth-order valence-electron chi connectivity index (χ4n) is 3.38. The molecule has 7 heteroatoms. The van der Waals surface area contributed by atoms with E-state index in [1.807, 2.05) is 54.0 Å². The van der Waals surface area contributed by atoms with Crippen LogP contribution in [0.5, 0.6) is 0 Å². The number of fused-ring (bicyclic) bond motifs is 1. The second-order valence-electron chi connectivity index (χ2n) is 6.54. The maximum Gasteiger partial charge on any atom is 0.253 e. The zero-order valence-corrected chi connectivity index (χ0v) is 15.3. The van der Waals surface area contributed by atoms with Crippen molar-refractivity contribution >= 4 is 17.4 Å². The van der Waals surface area contributed by atoms with Crippen molar-refractivity contribution in [2.45, 2.75) is 19.4 Å². The third-order valence-electron chi connectivity index (χ3n) is 4.83. The maximum atomic E-state index is 13.0. The number of para-hydroxylation sites is 1. The average molecular weight is 365 g/mol. The average Bonchev–Trinajstić information content (AvgIpc) is 3.16. The Balaban J connectivity index is 1.57. The van der Waals surface area contributed by atoms with E-state index in [0.717, 1.165) is 30.9 Å². The molecule has 1 aromatic carbocycles. The van der Waals surface area contributed by atoms with E-state index in [9.17, 15) is 4.79 Å². The van der Waals surface area contributed by atoms with Gasteiger partial charge in [-0.1, -0.05) is 19.1 Å². The number of hydrogen-bond acceptors (Lipinski definition) is 5. The molecule has 0 saturated carbocycles. The van der Waals surface area contributed by atoms with E-state index in [2.05, 4.69) is 20.2 Å². The topological polar surface area (TPSA) is 71.8 Å². The normalized spacial score (nSPS) is 15.7. The Labute approximate surface area is 158 Å². The molecule has 1 atom stereocenters. The van der Waals surface area contributed by atoms with Gasteiger partial charge in [0.1, 0.15) is 0 Å². The van der Waals surface area contributed by atoms with E-state index in [4.69, 9.17) is 4.74 Å². The highest BCUT2D eigenvalue weighted by Gasteiger charge is 2.22. The van der Waals surface area contributed by atoms with Crippen LogP contribution in [0.2, 0.25) is 0 Å². The Bertz CT molecular complexity index is 900. The van der Waals surface area contributed by atoms with Gasteiger partial charge in [-0.3, -0.25) is 9.20 Å². The highest BCUT2D eigenvalue weighted by Crippen LogP contribution is 2.23. The number of ether oxygens (including phenoxy) is 1. The van der Waals surface area contributed by atoms with Crippen LogP contribution < -0.4 is 10.2 Å². The van der Waals surface area contributed by atoms with E-state index in [1.165, 1.54) is 0 Å². The van der Waals surface area contributed by atoms with E-state index in [0.29, 0.717) is 24.6 Å². The van der Waals surface area contributed by atoms with Crippen LogP contribution in [0.3, 0.4) is 0 Å². The standard InChI is InChI=1S/C20H23N5O2/c1-2-16(17-14-25-9-5-8-21-20(25)23-17)22-19(26)15-6-3-4-7-18(15)24-10-12-27-13-11-24/h3-9,14,16H,2,10-13H2,1H3,(H,22,26). The largest absolute Gasteiger partial charge is 0.378 e. The van der Waals surface area contributed by atoms with E-state index < -0.39 is 0 Å². The predicted molar refractivity (Wildman–Crippen MR) is 103 cm³/mol. The lowest BCUT2D eigenvalue weighted by molar-refractivity contribution is 0.0933. The number of nitrogens with one attached hydrogen (secondary N) is 1. The van der Waals surface area contributed by atoms with Crippen molar-refractivity contribution in [2.24, 2.45) is 0 Å². The zero-order chi connectivity index (χ0) is 18.6. The molecule has 4 rings (SSSR count). The third-order valence-corrected chi connectivity index (χ3v) is 4.83. The fourth-order valence-corrected chi connectivity index (χ4v) is 3.38. The molecule has 1 unspecified atom stereocenters. The van der Waals surface area contributed by atoms with Crippen LogP contribution in [0.25, 0.3) is 5.78 Å². The van der Waals surface area contributed by atoms with Crippen LogP contribution in [0.15, 0.2) is 48.9 Å². The number of carbonyl (C=O) groups excluding carboxylic acids is 1. The van der Waals surface area contributed by atoms with Crippen molar-refractivity contribution in [2.75, 3.05) is 31.2 Å². The van der Waals surface area contributed by atoms with Gasteiger partial charge in [-0.05, 0) is 24.6 Å². The predicted octanol–water partition coefficient (Wildman–Crippen LogP) is 2.45. The molecule has 2 aromatic heterocycles. The summed E-state index contributed by atoms with van der Waals surface area (Å²) < 4.78 is 7.30. The molecule has 140 valence electrons. The molecular weight excluding hydrogens is 342 g/mol. The number of nitrogens with zero attached hydrogens (tertiary/aromatic N) is 4. The molecule has 3 heterocycles. The van der Waals surface area contributed by atoms with Gasteiger partial charge in [0.2, 0.25) is 5.78 Å². The zero-order valence-electron chi connectivity index (χ0n) is 15.3. The molecule has 0 bridgehead atoms. The first kappa shape index (κ1) is 17.5. The molecule has 0 radical (unpaired) electrons. The lowest BCUT2D eigenvalue weighted by Gasteiger charge is -2.30. The van der Waals surface area contributed by atoms with Crippen molar-refractivity contribution in [1.82, 2.24) is 19.7 Å². The molecule has 3 aromatic rings. The smallest absolute Gasteiger partial charge is 0.253 e. The summed E-state index contributed by atoms with van der Waals surface area (Å²) >= 11 is 0. The van der Waals surface area contributed by atoms with Gasteiger partial charge in [-0.25, -0.2) is 9.97 Å². The number of aromatic nitrogens is 3. The van der Waals surface area contributed by atoms with Gasteiger partial charge in [0.05, 0.1) is 30.5 Å². The number of carbonyl (C=O) groups is 1. The number of benzene rings is 1. The minimum absolute atomic E-state index is 0.0889. The van der Waals surface area contributed by atoms with E-state index >= 15 is 0 Å². The molecule has 0 aliphatic carbocycles. The van der Waals surface area contributed by atoms with Crippen LogP contribution in [-0.4, -0.2) is 46.6 Å². The van der Waals surface area contributed by atoms with Gasteiger partial charge in [0, 0.05) is 37.4 Å². The van der Waals surface area contributed by atoms with Crippen LogP contribution >= 0.6 is 0 Å². The van der Waals surface area contributed by atoms with Crippen molar-refractivity contribution in [3.8, 4) is 0 Å². The Morgan fingerprint density at radius 1 is 1.26 bits per heavy atom. The summed E-state index contributed by atoms with van der Waals surface area (Å²) in [6.45, 7) is 4.99. The van der Waals surface area contributed by atoms with Gasteiger partial charge in [0.15, 0.2) is 0 Å². The molecular formula is C20H23N5O2. The van der Waals surface area contributed by atoms with Crippen LogP contribution in [0, 0.1) is 0 Å². The summed E-state index contributed by atoms with van der Waals surface area (Å²) in [5, 5.41) is 3.14. The molecule has 1 N–H and O–H groups in total. The second-order valence-corrected chi connectivity index (χ2v) is 6.54. The van der Waals surface area contributed by atoms with Crippen molar-refractivity contribution in [3.05, 3.63) is 60.2 Å². The van der Waals surface area contributed by atoms with E-state index in [1.54, 1.807) is 6.20 Å². The van der Waals surface area contributed by atoms with Crippen LogP contribution in [0.4, 0.5) is 5.69 Å². The van der Waals surface area contributed by atoms with E-state index in [-0.39, 0.29) is 11.9 Å². The summed E-state index contributed by atoms with van der Waals surface area (Å²) in [6.07, 6.45) is 6.28. The quantitative estimate of drug-likeness (QED) is 0.752.